The van der Waals surface area contributed by atoms with E-state index in [-0.39, 0.29) is 5.56 Å². The van der Waals surface area contributed by atoms with Crippen molar-refractivity contribution in [3.05, 3.63) is 34.2 Å². The molecule has 2 aromatic heterocycles. The van der Waals surface area contributed by atoms with Gasteiger partial charge in [-0.25, -0.2) is 0 Å². The van der Waals surface area contributed by atoms with Gasteiger partial charge in [0, 0.05) is 76.6 Å². The molecule has 0 saturated carbocycles. The predicted molar refractivity (Wildman–Crippen MR) is 140 cm³/mol. The van der Waals surface area contributed by atoms with Gasteiger partial charge < -0.3 is 24.4 Å². The van der Waals surface area contributed by atoms with Crippen molar-refractivity contribution in [3.63, 3.8) is 0 Å². The standard InChI is InChI=1S/C26H38N8O2/c1-19-5-8-32(9-6-19)25-28-24(27-7-10-31-11-13-36-14-12-31)29-26(30-25)33-16-20-15-21(18-33)22-3-2-4-23(35)34(22)17-20/h2-4,19-21H,5-18H2,1H3,(H,27,28,29,30). The van der Waals surface area contributed by atoms with Crippen molar-refractivity contribution in [2.24, 2.45) is 11.8 Å². The number of anilines is 3. The first-order valence-corrected chi connectivity index (χ1v) is 13.6. The molecule has 3 saturated heterocycles. The molecule has 10 nitrogen and oxygen atoms in total. The minimum absolute atomic E-state index is 0.115. The molecule has 10 heteroatoms. The van der Waals surface area contributed by atoms with Crippen molar-refractivity contribution >= 4 is 17.8 Å². The van der Waals surface area contributed by atoms with Gasteiger partial charge in [0.25, 0.3) is 5.56 Å². The lowest BCUT2D eigenvalue weighted by molar-refractivity contribution is 0.0398. The van der Waals surface area contributed by atoms with Gasteiger partial charge in [0.05, 0.1) is 13.2 Å². The Balaban J connectivity index is 1.23. The van der Waals surface area contributed by atoms with Gasteiger partial charge in [0.1, 0.15) is 0 Å². The van der Waals surface area contributed by atoms with Crippen molar-refractivity contribution in [1.29, 1.82) is 0 Å². The van der Waals surface area contributed by atoms with Gasteiger partial charge in [-0.1, -0.05) is 13.0 Å². The summed E-state index contributed by atoms with van der Waals surface area (Å²) in [4.78, 5) is 34.3. The maximum absolute atomic E-state index is 12.4. The molecular formula is C26H38N8O2. The molecule has 3 fully saturated rings. The van der Waals surface area contributed by atoms with Crippen LogP contribution in [0.3, 0.4) is 0 Å². The topological polar surface area (TPSA) is 91.7 Å². The van der Waals surface area contributed by atoms with E-state index in [1.165, 1.54) is 12.8 Å². The molecule has 4 aliphatic rings. The van der Waals surface area contributed by atoms with Crippen LogP contribution in [0.4, 0.5) is 17.8 Å². The van der Waals surface area contributed by atoms with E-state index in [0.717, 1.165) is 102 Å². The Bertz CT molecular complexity index is 1110. The van der Waals surface area contributed by atoms with Crippen LogP contribution in [0.25, 0.3) is 0 Å². The van der Waals surface area contributed by atoms with Gasteiger partial charge in [-0.15, -0.1) is 0 Å². The van der Waals surface area contributed by atoms with Gasteiger partial charge in [-0.05, 0) is 37.2 Å². The predicted octanol–water partition coefficient (Wildman–Crippen LogP) is 1.64. The summed E-state index contributed by atoms with van der Waals surface area (Å²) >= 11 is 0. The van der Waals surface area contributed by atoms with Gasteiger partial charge in [0.2, 0.25) is 17.8 Å². The smallest absolute Gasteiger partial charge is 0.250 e. The second-order valence-corrected chi connectivity index (χ2v) is 10.9. The molecule has 194 valence electrons. The highest BCUT2D eigenvalue weighted by Crippen LogP contribution is 2.36. The van der Waals surface area contributed by atoms with Crippen LogP contribution in [-0.4, -0.2) is 90.0 Å². The third-order valence-electron chi connectivity index (χ3n) is 8.26. The molecule has 0 amide bonds. The summed E-state index contributed by atoms with van der Waals surface area (Å²) in [6.07, 6.45) is 3.45. The summed E-state index contributed by atoms with van der Waals surface area (Å²) in [5.41, 5.74) is 1.26. The van der Waals surface area contributed by atoms with Crippen molar-refractivity contribution < 1.29 is 4.74 Å². The highest BCUT2D eigenvalue weighted by Gasteiger charge is 2.36. The first-order valence-electron chi connectivity index (χ1n) is 13.6. The first kappa shape index (κ1) is 23.7. The fourth-order valence-corrected chi connectivity index (χ4v) is 6.13. The molecule has 6 rings (SSSR count). The van der Waals surface area contributed by atoms with Crippen molar-refractivity contribution in [2.75, 3.05) is 80.7 Å². The number of fused-ring (bicyclic) bond motifs is 4. The average molecular weight is 495 g/mol. The van der Waals surface area contributed by atoms with E-state index in [4.69, 9.17) is 19.7 Å². The van der Waals surface area contributed by atoms with Crippen molar-refractivity contribution in [1.82, 2.24) is 24.4 Å². The Hall–Kier alpha value is -2.72. The van der Waals surface area contributed by atoms with Crippen LogP contribution in [-0.2, 0) is 11.3 Å². The largest absolute Gasteiger partial charge is 0.379 e. The minimum Gasteiger partial charge on any atom is -0.379 e. The molecule has 0 spiro atoms. The van der Waals surface area contributed by atoms with Gasteiger partial charge in [0.15, 0.2) is 0 Å². The number of aromatic nitrogens is 4. The normalized spacial score (nSPS) is 25.0. The lowest BCUT2D eigenvalue weighted by Crippen LogP contribution is -2.48. The first-order chi connectivity index (χ1) is 17.6. The van der Waals surface area contributed by atoms with E-state index in [1.54, 1.807) is 6.07 Å². The second kappa shape index (κ2) is 10.3. The molecule has 0 aromatic carbocycles. The summed E-state index contributed by atoms with van der Waals surface area (Å²) in [6.45, 7) is 12.1. The summed E-state index contributed by atoms with van der Waals surface area (Å²) < 4.78 is 7.45. The van der Waals surface area contributed by atoms with E-state index >= 15 is 0 Å². The number of piperidine rings is 2. The highest BCUT2D eigenvalue weighted by molar-refractivity contribution is 5.46. The third-order valence-corrected chi connectivity index (χ3v) is 8.26. The summed E-state index contributed by atoms with van der Waals surface area (Å²) in [5, 5.41) is 3.49. The van der Waals surface area contributed by atoms with Crippen LogP contribution in [0, 0.1) is 11.8 Å². The lowest BCUT2D eigenvalue weighted by atomic mass is 9.83. The SMILES string of the molecule is CC1CCN(c2nc(NCCN3CCOCC3)nc(N3CC4CC(C3)c3cccc(=O)n3C4)n2)CC1. The maximum Gasteiger partial charge on any atom is 0.250 e. The van der Waals surface area contributed by atoms with Crippen molar-refractivity contribution in [3.8, 4) is 0 Å². The summed E-state index contributed by atoms with van der Waals surface area (Å²) in [7, 11) is 0. The number of nitrogens with zero attached hydrogens (tertiary/aromatic N) is 7. The van der Waals surface area contributed by atoms with Crippen LogP contribution in [0.5, 0.6) is 0 Å². The molecule has 0 aliphatic carbocycles. The van der Waals surface area contributed by atoms with Crippen LogP contribution >= 0.6 is 0 Å². The maximum atomic E-state index is 12.4. The van der Waals surface area contributed by atoms with E-state index < -0.39 is 0 Å². The number of ether oxygens (including phenoxy) is 1. The Morgan fingerprint density at radius 3 is 2.56 bits per heavy atom. The fourth-order valence-electron chi connectivity index (χ4n) is 6.13. The number of pyridine rings is 1. The van der Waals surface area contributed by atoms with Gasteiger partial charge in [-0.3, -0.25) is 9.69 Å². The molecule has 36 heavy (non-hydrogen) atoms. The van der Waals surface area contributed by atoms with Crippen LogP contribution in [0.15, 0.2) is 23.0 Å². The van der Waals surface area contributed by atoms with Gasteiger partial charge in [-0.2, -0.15) is 15.0 Å². The van der Waals surface area contributed by atoms with E-state index in [2.05, 4.69) is 33.0 Å². The molecule has 6 heterocycles. The molecular weight excluding hydrogens is 456 g/mol. The average Bonchev–Trinajstić information content (AvgIpc) is 2.90. The molecule has 4 aliphatic heterocycles. The molecule has 2 bridgehead atoms. The quantitative estimate of drug-likeness (QED) is 0.643. The molecule has 0 radical (unpaired) electrons. The zero-order valence-electron chi connectivity index (χ0n) is 21.3. The molecule has 2 unspecified atom stereocenters. The number of rotatable bonds is 6. The summed E-state index contributed by atoms with van der Waals surface area (Å²) in [5.74, 6) is 3.69. The van der Waals surface area contributed by atoms with Gasteiger partial charge >= 0.3 is 0 Å². The Labute approximate surface area is 212 Å². The molecule has 2 atom stereocenters. The third kappa shape index (κ3) is 5.06. The summed E-state index contributed by atoms with van der Waals surface area (Å²) in [6, 6.07) is 5.68. The van der Waals surface area contributed by atoms with Crippen LogP contribution in [0.1, 0.15) is 37.8 Å². The number of nitrogens with one attached hydrogen (secondary N) is 1. The Morgan fingerprint density at radius 2 is 1.75 bits per heavy atom. The molecule has 2 aromatic rings. The fraction of sp³-hybridized carbons (Fsp3) is 0.692. The lowest BCUT2D eigenvalue weighted by Gasteiger charge is -2.43. The van der Waals surface area contributed by atoms with Crippen LogP contribution < -0.4 is 20.7 Å². The van der Waals surface area contributed by atoms with Crippen LogP contribution in [0.2, 0.25) is 0 Å². The molecule has 1 N–H and O–H groups in total. The van der Waals surface area contributed by atoms with E-state index in [9.17, 15) is 4.79 Å². The monoisotopic (exact) mass is 494 g/mol. The number of hydrogen-bond acceptors (Lipinski definition) is 9. The van der Waals surface area contributed by atoms with E-state index in [1.807, 2.05) is 10.6 Å². The highest BCUT2D eigenvalue weighted by atomic mass is 16.5. The Morgan fingerprint density at radius 1 is 0.972 bits per heavy atom. The van der Waals surface area contributed by atoms with E-state index in [0.29, 0.717) is 17.8 Å². The van der Waals surface area contributed by atoms with Crippen molar-refractivity contribution in [2.45, 2.75) is 38.6 Å². The second-order valence-electron chi connectivity index (χ2n) is 10.9. The number of morpholine rings is 1. The minimum atomic E-state index is 0.115. The zero-order chi connectivity index (χ0) is 24.5. The Kier molecular flexibility index (Phi) is 6.79. The zero-order valence-corrected chi connectivity index (χ0v) is 21.3. The number of hydrogen-bond donors (Lipinski definition) is 1.